The molecule has 0 aliphatic rings. The maximum absolute atomic E-state index is 5.82. The highest BCUT2D eigenvalue weighted by Crippen LogP contribution is 2.24. The van der Waals surface area contributed by atoms with Gasteiger partial charge in [-0.25, -0.2) is 9.97 Å². The minimum Gasteiger partial charge on any atom is -0.494 e. The van der Waals surface area contributed by atoms with E-state index in [2.05, 4.69) is 16.9 Å². The predicted molar refractivity (Wildman–Crippen MR) is 73.0 cm³/mol. The van der Waals surface area contributed by atoms with Crippen molar-refractivity contribution in [2.75, 3.05) is 6.61 Å². The Morgan fingerprint density at radius 3 is 2.61 bits per heavy atom. The molecule has 3 nitrogen and oxygen atoms in total. The number of ether oxygens (including phenoxy) is 1. The number of aryl methyl sites for hydroxylation is 1. The van der Waals surface area contributed by atoms with Crippen molar-refractivity contribution in [3.63, 3.8) is 0 Å². The number of aromatic nitrogens is 2. The van der Waals surface area contributed by atoms with Crippen molar-refractivity contribution < 1.29 is 4.74 Å². The van der Waals surface area contributed by atoms with E-state index in [0.717, 1.165) is 35.6 Å². The number of hydrogen-bond acceptors (Lipinski definition) is 3. The zero-order valence-corrected chi connectivity index (χ0v) is 11.2. The van der Waals surface area contributed by atoms with Crippen molar-refractivity contribution in [1.29, 1.82) is 0 Å². The molecule has 0 spiro atoms. The third-order valence-electron chi connectivity index (χ3n) is 2.54. The fourth-order valence-corrected chi connectivity index (χ4v) is 1.78. The topological polar surface area (TPSA) is 35.0 Å². The van der Waals surface area contributed by atoms with Crippen LogP contribution >= 0.6 is 11.6 Å². The summed E-state index contributed by atoms with van der Waals surface area (Å²) in [6.07, 6.45) is 2.73. The highest BCUT2D eigenvalue weighted by molar-refractivity contribution is 6.28. The average Bonchev–Trinajstić information content (AvgIpc) is 2.40. The monoisotopic (exact) mass is 262 g/mol. The molecule has 0 aliphatic heterocycles. The lowest BCUT2D eigenvalue weighted by molar-refractivity contribution is 0.317. The summed E-state index contributed by atoms with van der Waals surface area (Å²) >= 11 is 5.82. The maximum Gasteiger partial charge on any atom is 0.222 e. The van der Waals surface area contributed by atoms with Crippen LogP contribution in [0.1, 0.15) is 18.9 Å². The van der Waals surface area contributed by atoms with E-state index in [1.807, 2.05) is 31.2 Å². The van der Waals surface area contributed by atoms with E-state index in [4.69, 9.17) is 16.3 Å². The molecule has 94 valence electrons. The van der Waals surface area contributed by atoms with Gasteiger partial charge in [0.1, 0.15) is 5.75 Å². The average molecular weight is 263 g/mol. The minimum atomic E-state index is 0.266. The molecule has 0 aliphatic carbocycles. The van der Waals surface area contributed by atoms with Gasteiger partial charge in [0.05, 0.1) is 12.3 Å². The van der Waals surface area contributed by atoms with Gasteiger partial charge in [-0.15, -0.1) is 0 Å². The summed E-state index contributed by atoms with van der Waals surface area (Å²) in [4.78, 5) is 8.20. The number of halogens is 1. The van der Waals surface area contributed by atoms with E-state index in [1.54, 1.807) is 6.20 Å². The Kier molecular flexibility index (Phi) is 4.15. The van der Waals surface area contributed by atoms with Gasteiger partial charge >= 0.3 is 0 Å². The molecule has 2 rings (SSSR count). The normalized spacial score (nSPS) is 10.4. The van der Waals surface area contributed by atoms with E-state index in [-0.39, 0.29) is 5.28 Å². The quantitative estimate of drug-likeness (QED) is 0.784. The number of benzene rings is 1. The van der Waals surface area contributed by atoms with Crippen LogP contribution in [-0.2, 0) is 0 Å². The molecule has 0 saturated carbocycles. The zero-order chi connectivity index (χ0) is 13.0. The van der Waals surface area contributed by atoms with Crippen molar-refractivity contribution in [3.05, 3.63) is 41.3 Å². The van der Waals surface area contributed by atoms with Gasteiger partial charge in [-0.05, 0) is 54.8 Å². The van der Waals surface area contributed by atoms with Crippen LogP contribution in [0.4, 0.5) is 0 Å². The first-order valence-electron chi connectivity index (χ1n) is 5.93. The predicted octanol–water partition coefficient (Wildman–Crippen LogP) is 3.89. The molecule has 2 aromatic rings. The van der Waals surface area contributed by atoms with Gasteiger partial charge in [-0.2, -0.15) is 0 Å². The molecule has 0 saturated heterocycles. The van der Waals surface area contributed by atoms with Crippen LogP contribution in [0.15, 0.2) is 30.5 Å². The lowest BCUT2D eigenvalue weighted by atomic mass is 10.1. The minimum absolute atomic E-state index is 0.266. The van der Waals surface area contributed by atoms with Gasteiger partial charge in [0.2, 0.25) is 5.28 Å². The van der Waals surface area contributed by atoms with Gasteiger partial charge in [0.25, 0.3) is 0 Å². The fraction of sp³-hybridized carbons (Fsp3) is 0.286. The van der Waals surface area contributed by atoms with E-state index in [0.29, 0.717) is 0 Å². The first-order chi connectivity index (χ1) is 8.70. The van der Waals surface area contributed by atoms with Crippen molar-refractivity contribution in [3.8, 4) is 17.0 Å². The number of rotatable bonds is 4. The Hall–Kier alpha value is -1.61. The van der Waals surface area contributed by atoms with Crippen LogP contribution in [0.25, 0.3) is 11.3 Å². The smallest absolute Gasteiger partial charge is 0.222 e. The molecule has 0 unspecified atom stereocenters. The second kappa shape index (κ2) is 5.83. The highest BCUT2D eigenvalue weighted by Gasteiger charge is 2.05. The summed E-state index contributed by atoms with van der Waals surface area (Å²) in [6.45, 7) is 4.78. The summed E-state index contributed by atoms with van der Waals surface area (Å²) in [6, 6.07) is 7.86. The first kappa shape index (κ1) is 12.8. The molecule has 1 aromatic heterocycles. The van der Waals surface area contributed by atoms with Gasteiger partial charge in [0.15, 0.2) is 0 Å². The van der Waals surface area contributed by atoms with E-state index in [1.165, 1.54) is 0 Å². The zero-order valence-electron chi connectivity index (χ0n) is 10.5. The molecule has 0 radical (unpaired) electrons. The Labute approximate surface area is 112 Å². The van der Waals surface area contributed by atoms with E-state index < -0.39 is 0 Å². The lowest BCUT2D eigenvalue weighted by Gasteiger charge is -2.07. The fourth-order valence-electron chi connectivity index (χ4n) is 1.64. The molecule has 4 heteroatoms. The molecule has 0 N–H and O–H groups in total. The third-order valence-corrected chi connectivity index (χ3v) is 2.73. The molecular weight excluding hydrogens is 248 g/mol. The summed E-state index contributed by atoms with van der Waals surface area (Å²) in [5, 5.41) is 0.266. The van der Waals surface area contributed by atoms with Crippen LogP contribution < -0.4 is 4.74 Å². The SMILES string of the molecule is CCCOc1ccc(-c2nc(Cl)ncc2C)cc1. The van der Waals surface area contributed by atoms with Crippen LogP contribution in [0.2, 0.25) is 5.28 Å². The number of nitrogens with zero attached hydrogens (tertiary/aromatic N) is 2. The number of hydrogen-bond donors (Lipinski definition) is 0. The van der Waals surface area contributed by atoms with Crippen molar-refractivity contribution in [1.82, 2.24) is 9.97 Å². The van der Waals surface area contributed by atoms with Gasteiger partial charge in [0, 0.05) is 11.8 Å². The summed E-state index contributed by atoms with van der Waals surface area (Å²) in [7, 11) is 0. The van der Waals surface area contributed by atoms with Crippen molar-refractivity contribution in [2.24, 2.45) is 0 Å². The lowest BCUT2D eigenvalue weighted by Crippen LogP contribution is -1.95. The Morgan fingerprint density at radius 2 is 1.94 bits per heavy atom. The molecular formula is C14H15ClN2O. The maximum atomic E-state index is 5.82. The first-order valence-corrected chi connectivity index (χ1v) is 6.31. The van der Waals surface area contributed by atoms with Crippen LogP contribution in [-0.4, -0.2) is 16.6 Å². The summed E-state index contributed by atoms with van der Waals surface area (Å²) in [5.74, 6) is 0.874. The second-order valence-corrected chi connectivity index (χ2v) is 4.38. The van der Waals surface area contributed by atoms with Gasteiger partial charge in [-0.1, -0.05) is 6.92 Å². The van der Waals surface area contributed by atoms with Crippen LogP contribution in [0.5, 0.6) is 5.75 Å². The van der Waals surface area contributed by atoms with E-state index in [9.17, 15) is 0 Å². The molecule has 0 atom stereocenters. The standard InChI is InChI=1S/C14H15ClN2O/c1-3-8-18-12-6-4-11(5-7-12)13-10(2)9-16-14(15)17-13/h4-7,9H,3,8H2,1-2H3. The summed E-state index contributed by atoms with van der Waals surface area (Å²) in [5.41, 5.74) is 2.87. The molecule has 18 heavy (non-hydrogen) atoms. The van der Waals surface area contributed by atoms with Crippen LogP contribution in [0, 0.1) is 6.92 Å². The van der Waals surface area contributed by atoms with Gasteiger partial charge in [-0.3, -0.25) is 0 Å². The van der Waals surface area contributed by atoms with Crippen molar-refractivity contribution in [2.45, 2.75) is 20.3 Å². The molecule has 1 heterocycles. The Bertz CT molecular complexity index is 526. The molecule has 1 aromatic carbocycles. The molecule has 0 fully saturated rings. The third kappa shape index (κ3) is 2.99. The van der Waals surface area contributed by atoms with E-state index >= 15 is 0 Å². The van der Waals surface area contributed by atoms with Crippen LogP contribution in [0.3, 0.4) is 0 Å². The molecule has 0 bridgehead atoms. The summed E-state index contributed by atoms with van der Waals surface area (Å²) < 4.78 is 5.54. The molecule has 0 amide bonds. The van der Waals surface area contributed by atoms with Crippen molar-refractivity contribution >= 4 is 11.6 Å². The Morgan fingerprint density at radius 1 is 1.22 bits per heavy atom. The highest BCUT2D eigenvalue weighted by atomic mass is 35.5. The largest absolute Gasteiger partial charge is 0.494 e. The Balaban J connectivity index is 2.25. The van der Waals surface area contributed by atoms with Gasteiger partial charge < -0.3 is 4.74 Å². The second-order valence-electron chi connectivity index (χ2n) is 4.04.